The van der Waals surface area contributed by atoms with E-state index in [1.165, 1.54) is 0 Å². The van der Waals surface area contributed by atoms with E-state index in [0.29, 0.717) is 25.1 Å². The van der Waals surface area contributed by atoms with E-state index in [1.807, 2.05) is 73.1 Å². The number of hydrogen-bond acceptors (Lipinski definition) is 6. The number of Topliss-reactive ketones (excluding diaryl/α,β-unsaturated/α-hetero) is 1. The lowest BCUT2D eigenvalue weighted by atomic mass is 9.94. The Morgan fingerprint density at radius 2 is 1.92 bits per heavy atom. The molecule has 2 aliphatic heterocycles. The number of rotatable bonds is 7. The van der Waals surface area contributed by atoms with E-state index in [-0.39, 0.29) is 17.4 Å². The number of nitrogens with zero attached hydrogens (tertiary/aromatic N) is 4. The molecule has 1 fully saturated rings. The number of aromatic nitrogens is 2. The van der Waals surface area contributed by atoms with Crippen molar-refractivity contribution in [2.75, 3.05) is 25.5 Å². The lowest BCUT2D eigenvalue weighted by Gasteiger charge is -2.26. The predicted octanol–water partition coefficient (Wildman–Crippen LogP) is 3.78. The first-order valence-corrected chi connectivity index (χ1v) is 12.1. The van der Waals surface area contributed by atoms with Gasteiger partial charge in [-0.15, -0.1) is 0 Å². The average molecular weight is 487 g/mol. The standard InChI is InChI=1S/C28H30N4O4/c1-18-15-21-16-20(7-10-23(21)36-18)26(33)24-25(19-5-8-22(9-6-19)30(2)3)32(28(35)27(24)34)13-4-12-31-14-11-29-17-31/h5-11,14,16-18,25,33H,4,12-13,15H2,1-3H3/b26-24-. The first-order chi connectivity index (χ1) is 17.3. The van der Waals surface area contributed by atoms with Gasteiger partial charge in [0.25, 0.3) is 11.7 Å². The van der Waals surface area contributed by atoms with Gasteiger partial charge in [-0.3, -0.25) is 9.59 Å². The Kier molecular flexibility index (Phi) is 6.26. The highest BCUT2D eigenvalue weighted by Gasteiger charge is 2.45. The molecule has 8 heteroatoms. The molecule has 1 saturated heterocycles. The van der Waals surface area contributed by atoms with Crippen molar-refractivity contribution in [3.8, 4) is 5.75 Å². The number of aryl methyl sites for hydroxylation is 1. The number of aliphatic hydroxyl groups is 1. The number of anilines is 1. The summed E-state index contributed by atoms with van der Waals surface area (Å²) in [6.07, 6.45) is 6.74. The second-order valence-electron chi connectivity index (χ2n) is 9.59. The Morgan fingerprint density at radius 3 is 2.61 bits per heavy atom. The van der Waals surface area contributed by atoms with Crippen molar-refractivity contribution in [3.63, 3.8) is 0 Å². The topological polar surface area (TPSA) is 87.9 Å². The van der Waals surface area contributed by atoms with Gasteiger partial charge in [0, 0.05) is 57.3 Å². The molecule has 2 unspecified atom stereocenters. The van der Waals surface area contributed by atoms with Gasteiger partial charge in [-0.2, -0.15) is 0 Å². The lowest BCUT2D eigenvalue weighted by Crippen LogP contribution is -2.31. The maximum Gasteiger partial charge on any atom is 0.295 e. The predicted molar refractivity (Wildman–Crippen MR) is 137 cm³/mol. The SMILES string of the molecule is CC1Cc2cc(/C(O)=C3/C(=O)C(=O)N(CCCn4ccnc4)C3c3ccc(N(C)C)cc3)ccc2O1. The van der Waals surface area contributed by atoms with Crippen molar-refractivity contribution in [1.29, 1.82) is 0 Å². The van der Waals surface area contributed by atoms with Gasteiger partial charge in [-0.05, 0) is 54.8 Å². The minimum atomic E-state index is -0.674. The van der Waals surface area contributed by atoms with Crippen LogP contribution in [0.2, 0.25) is 0 Å². The fourth-order valence-corrected chi connectivity index (χ4v) is 4.98. The summed E-state index contributed by atoms with van der Waals surface area (Å²) in [6, 6.07) is 12.5. The van der Waals surface area contributed by atoms with Crippen LogP contribution < -0.4 is 9.64 Å². The smallest absolute Gasteiger partial charge is 0.295 e. The molecule has 1 amide bonds. The van der Waals surface area contributed by atoms with Gasteiger partial charge in [0.15, 0.2) is 0 Å². The largest absolute Gasteiger partial charge is 0.507 e. The summed E-state index contributed by atoms with van der Waals surface area (Å²) in [4.78, 5) is 34.1. The van der Waals surface area contributed by atoms with Gasteiger partial charge in [-0.25, -0.2) is 4.98 Å². The molecule has 186 valence electrons. The first kappa shape index (κ1) is 23.7. The maximum absolute atomic E-state index is 13.3. The van der Waals surface area contributed by atoms with Crippen LogP contribution in [0, 0.1) is 0 Å². The Bertz CT molecular complexity index is 1310. The van der Waals surface area contributed by atoms with Crippen molar-refractivity contribution < 1.29 is 19.4 Å². The molecule has 3 aromatic rings. The Morgan fingerprint density at radius 1 is 1.14 bits per heavy atom. The Hall–Kier alpha value is -4.07. The molecule has 3 heterocycles. The third-order valence-corrected chi connectivity index (χ3v) is 6.81. The summed E-state index contributed by atoms with van der Waals surface area (Å²) in [7, 11) is 3.91. The van der Waals surface area contributed by atoms with Crippen molar-refractivity contribution in [1.82, 2.24) is 14.5 Å². The minimum absolute atomic E-state index is 0.0636. The number of fused-ring (bicyclic) bond motifs is 1. The maximum atomic E-state index is 13.3. The molecule has 1 N–H and O–H groups in total. The number of ketones is 1. The van der Waals surface area contributed by atoms with Crippen LogP contribution in [-0.2, 0) is 22.6 Å². The number of imidazole rings is 1. The summed E-state index contributed by atoms with van der Waals surface area (Å²) in [6.45, 7) is 3.03. The van der Waals surface area contributed by atoms with Gasteiger partial charge >= 0.3 is 0 Å². The lowest BCUT2D eigenvalue weighted by molar-refractivity contribution is -0.139. The molecule has 0 aliphatic carbocycles. The highest BCUT2D eigenvalue weighted by Crippen LogP contribution is 2.41. The molecule has 5 rings (SSSR count). The summed E-state index contributed by atoms with van der Waals surface area (Å²) in [5.74, 6) is -0.631. The molecule has 2 aromatic carbocycles. The molecule has 2 atom stereocenters. The molecule has 8 nitrogen and oxygen atoms in total. The number of hydrogen-bond donors (Lipinski definition) is 1. The number of amides is 1. The monoisotopic (exact) mass is 486 g/mol. The van der Waals surface area contributed by atoms with Gasteiger partial charge in [-0.1, -0.05) is 12.1 Å². The van der Waals surface area contributed by atoms with Crippen molar-refractivity contribution in [2.24, 2.45) is 0 Å². The van der Waals surface area contributed by atoms with Gasteiger partial charge in [0.1, 0.15) is 17.6 Å². The number of carbonyl (C=O) groups excluding carboxylic acids is 2. The molecular weight excluding hydrogens is 456 g/mol. The Labute approximate surface area is 210 Å². The molecule has 2 aliphatic rings. The molecule has 0 spiro atoms. The summed E-state index contributed by atoms with van der Waals surface area (Å²) in [5.41, 5.74) is 3.39. The normalized spacial score (nSPS) is 20.5. The first-order valence-electron chi connectivity index (χ1n) is 12.1. The number of aliphatic hydroxyl groups excluding tert-OH is 1. The van der Waals surface area contributed by atoms with Crippen LogP contribution in [0.1, 0.15) is 36.1 Å². The van der Waals surface area contributed by atoms with E-state index in [0.717, 1.165) is 29.0 Å². The fourth-order valence-electron chi connectivity index (χ4n) is 4.98. The summed E-state index contributed by atoms with van der Waals surface area (Å²) < 4.78 is 7.72. The van der Waals surface area contributed by atoms with E-state index in [9.17, 15) is 14.7 Å². The highest BCUT2D eigenvalue weighted by atomic mass is 16.5. The van der Waals surface area contributed by atoms with E-state index < -0.39 is 17.7 Å². The zero-order valence-electron chi connectivity index (χ0n) is 20.7. The molecule has 36 heavy (non-hydrogen) atoms. The van der Waals surface area contributed by atoms with E-state index >= 15 is 0 Å². The number of likely N-dealkylation sites (tertiary alicyclic amines) is 1. The summed E-state index contributed by atoms with van der Waals surface area (Å²) >= 11 is 0. The second kappa shape index (κ2) is 9.53. The van der Waals surface area contributed by atoms with Crippen LogP contribution in [0.4, 0.5) is 5.69 Å². The number of ether oxygens (including phenoxy) is 1. The van der Waals surface area contributed by atoms with Crippen LogP contribution in [0.5, 0.6) is 5.75 Å². The van der Waals surface area contributed by atoms with Crippen LogP contribution in [0.15, 0.2) is 66.8 Å². The molecule has 0 bridgehead atoms. The van der Waals surface area contributed by atoms with E-state index in [2.05, 4.69) is 4.98 Å². The van der Waals surface area contributed by atoms with E-state index in [1.54, 1.807) is 23.5 Å². The van der Waals surface area contributed by atoms with Crippen LogP contribution in [-0.4, -0.2) is 58.0 Å². The molecule has 0 radical (unpaired) electrons. The van der Waals surface area contributed by atoms with Crippen LogP contribution in [0.25, 0.3) is 5.76 Å². The third kappa shape index (κ3) is 4.34. The zero-order valence-corrected chi connectivity index (χ0v) is 20.7. The number of carbonyl (C=O) groups is 2. The van der Waals surface area contributed by atoms with Crippen LogP contribution >= 0.6 is 0 Å². The molecule has 1 aromatic heterocycles. The highest BCUT2D eigenvalue weighted by molar-refractivity contribution is 6.46. The quantitative estimate of drug-likeness (QED) is 0.311. The molecule has 0 saturated carbocycles. The second-order valence-corrected chi connectivity index (χ2v) is 9.59. The van der Waals surface area contributed by atoms with Crippen molar-refractivity contribution in [2.45, 2.75) is 38.5 Å². The number of benzene rings is 2. The minimum Gasteiger partial charge on any atom is -0.507 e. The fraction of sp³-hybridized carbons (Fsp3) is 0.321. The third-order valence-electron chi connectivity index (χ3n) is 6.81. The van der Waals surface area contributed by atoms with Gasteiger partial charge in [0.2, 0.25) is 0 Å². The zero-order chi connectivity index (χ0) is 25.4. The van der Waals surface area contributed by atoms with Crippen molar-refractivity contribution >= 4 is 23.1 Å². The average Bonchev–Trinajstić information content (AvgIpc) is 3.57. The molecular formula is C28H30N4O4. The Balaban J connectivity index is 1.53. The van der Waals surface area contributed by atoms with Gasteiger partial charge in [0.05, 0.1) is 17.9 Å². The van der Waals surface area contributed by atoms with Crippen molar-refractivity contribution in [3.05, 3.63) is 83.4 Å². The van der Waals surface area contributed by atoms with Gasteiger partial charge < -0.3 is 24.2 Å². The van der Waals surface area contributed by atoms with E-state index in [4.69, 9.17) is 4.74 Å². The summed E-state index contributed by atoms with van der Waals surface area (Å²) in [5, 5.41) is 11.4. The van der Waals surface area contributed by atoms with Crippen LogP contribution in [0.3, 0.4) is 0 Å².